The van der Waals surface area contributed by atoms with Gasteiger partial charge in [-0.05, 0) is 45.1 Å². The summed E-state index contributed by atoms with van der Waals surface area (Å²) >= 11 is 0. The fourth-order valence-electron chi connectivity index (χ4n) is 4.04. The Hall–Kier alpha value is -3.72. The fraction of sp³-hybridized carbons (Fsp3) is 0.0800. The largest absolute Gasteiger partial charge is 0.370 e. The maximum atomic E-state index is 12.5. The predicted molar refractivity (Wildman–Crippen MR) is 134 cm³/mol. The van der Waals surface area contributed by atoms with Gasteiger partial charge < -0.3 is 10.6 Å². The number of para-hydroxylation sites is 1. The molecule has 0 spiro atoms. The average Bonchev–Trinajstić information content (AvgIpc) is 2.83. The maximum Gasteiger partial charge on any atom is 0.242 e. The van der Waals surface area contributed by atoms with Crippen molar-refractivity contribution in [2.75, 3.05) is 23.1 Å². The van der Waals surface area contributed by atoms with Crippen LogP contribution in [0.1, 0.15) is 0 Å². The van der Waals surface area contributed by atoms with Gasteiger partial charge in [0, 0.05) is 16.8 Å². The Morgan fingerprint density at radius 2 is 1.39 bits per heavy atom. The predicted octanol–water partition coefficient (Wildman–Crippen LogP) is 4.02. The van der Waals surface area contributed by atoms with Gasteiger partial charge in [-0.25, -0.2) is 13.8 Å². The summed E-state index contributed by atoms with van der Waals surface area (Å²) in [6.07, 6.45) is 0. The molecule has 0 aliphatic heterocycles. The van der Waals surface area contributed by atoms with E-state index >= 15 is 0 Å². The minimum atomic E-state index is -3.67. The smallest absolute Gasteiger partial charge is 0.242 e. The molecule has 8 heteroatoms. The number of carbonyl (C=O) groups excluding carboxylic acids is 1. The first-order chi connectivity index (χ1) is 16.0. The van der Waals surface area contributed by atoms with Gasteiger partial charge in [0.05, 0.1) is 6.54 Å². The molecule has 0 fully saturated rings. The van der Waals surface area contributed by atoms with Crippen molar-refractivity contribution in [2.24, 2.45) is 0 Å². The van der Waals surface area contributed by atoms with E-state index in [1.807, 2.05) is 48.5 Å². The van der Waals surface area contributed by atoms with Gasteiger partial charge in [0.1, 0.15) is 5.88 Å². The standard InChI is InChI=1S/C25H22N4O3S/c30-23(15-27-29-33(31,32)16-26-20-7-2-1-3-8-20)28-22-14-12-19-10-9-17-5-4-6-18-11-13-21(22)25(19)24(17)18/h1-14,26-27,29H,15-16H2,(H,28,30). The second-order valence-corrected chi connectivity index (χ2v) is 9.50. The van der Waals surface area contributed by atoms with Crippen molar-refractivity contribution in [3.63, 3.8) is 0 Å². The molecule has 7 nitrogen and oxygen atoms in total. The Morgan fingerprint density at radius 3 is 2.15 bits per heavy atom. The SMILES string of the molecule is O=C(CNNS(=O)(=O)CNc1ccccc1)Nc1ccc2ccc3cccc4ccc1c2c34. The maximum absolute atomic E-state index is 12.5. The van der Waals surface area contributed by atoms with Crippen molar-refractivity contribution in [1.82, 2.24) is 10.3 Å². The van der Waals surface area contributed by atoms with Crippen LogP contribution in [0.4, 0.5) is 11.4 Å². The lowest BCUT2D eigenvalue weighted by molar-refractivity contribution is -0.115. The highest BCUT2D eigenvalue weighted by atomic mass is 32.2. The summed E-state index contributed by atoms with van der Waals surface area (Å²) in [5, 5.41) is 12.3. The van der Waals surface area contributed by atoms with Crippen molar-refractivity contribution in [2.45, 2.75) is 0 Å². The fourth-order valence-corrected chi connectivity index (χ4v) is 4.76. The molecule has 0 aliphatic rings. The van der Waals surface area contributed by atoms with E-state index in [1.54, 1.807) is 12.1 Å². The number of anilines is 2. The van der Waals surface area contributed by atoms with Crippen molar-refractivity contribution < 1.29 is 13.2 Å². The molecule has 33 heavy (non-hydrogen) atoms. The van der Waals surface area contributed by atoms with Gasteiger partial charge in [-0.2, -0.15) is 0 Å². The van der Waals surface area contributed by atoms with Crippen LogP contribution in [0.15, 0.2) is 84.9 Å². The van der Waals surface area contributed by atoms with E-state index in [2.05, 4.69) is 45.2 Å². The summed E-state index contributed by atoms with van der Waals surface area (Å²) in [4.78, 5) is 14.7. The lowest BCUT2D eigenvalue weighted by atomic mass is 9.93. The molecular formula is C25H22N4O3S. The molecule has 0 bridgehead atoms. The first-order valence-electron chi connectivity index (χ1n) is 10.5. The van der Waals surface area contributed by atoms with Crippen LogP contribution < -0.4 is 20.9 Å². The highest BCUT2D eigenvalue weighted by Gasteiger charge is 2.13. The topological polar surface area (TPSA) is 99.3 Å². The van der Waals surface area contributed by atoms with Crippen LogP contribution in [0, 0.1) is 0 Å². The number of hydrogen-bond donors (Lipinski definition) is 4. The molecule has 0 atom stereocenters. The Morgan fingerprint density at radius 1 is 0.727 bits per heavy atom. The Kier molecular flexibility index (Phi) is 5.55. The van der Waals surface area contributed by atoms with Crippen molar-refractivity contribution in [3.8, 4) is 0 Å². The number of amides is 1. The molecule has 0 saturated heterocycles. The van der Waals surface area contributed by atoms with Crippen LogP contribution >= 0.6 is 0 Å². The van der Waals surface area contributed by atoms with Crippen LogP contribution in [0.2, 0.25) is 0 Å². The van der Waals surface area contributed by atoms with E-state index in [9.17, 15) is 13.2 Å². The molecule has 1 amide bonds. The Balaban J connectivity index is 1.26. The van der Waals surface area contributed by atoms with Gasteiger partial charge in [-0.1, -0.05) is 66.7 Å². The van der Waals surface area contributed by atoms with E-state index < -0.39 is 10.0 Å². The van der Waals surface area contributed by atoms with Crippen molar-refractivity contribution in [1.29, 1.82) is 0 Å². The Labute approximate surface area is 191 Å². The van der Waals surface area contributed by atoms with Crippen LogP contribution in [0.5, 0.6) is 0 Å². The van der Waals surface area contributed by atoms with Gasteiger partial charge in [0.25, 0.3) is 0 Å². The number of hydrazine groups is 1. The third kappa shape index (κ3) is 4.45. The van der Waals surface area contributed by atoms with Gasteiger partial charge in [-0.3, -0.25) is 4.79 Å². The zero-order chi connectivity index (χ0) is 22.8. The van der Waals surface area contributed by atoms with E-state index in [-0.39, 0.29) is 18.3 Å². The minimum absolute atomic E-state index is 0.216. The summed E-state index contributed by atoms with van der Waals surface area (Å²) in [7, 11) is -3.67. The van der Waals surface area contributed by atoms with Crippen LogP contribution in [0.3, 0.4) is 0 Å². The lowest BCUT2D eigenvalue weighted by Gasteiger charge is -2.15. The highest BCUT2D eigenvalue weighted by molar-refractivity contribution is 7.89. The third-order valence-corrected chi connectivity index (χ3v) is 6.50. The van der Waals surface area contributed by atoms with Gasteiger partial charge in [0.15, 0.2) is 0 Å². The monoisotopic (exact) mass is 458 g/mol. The second kappa shape index (κ2) is 8.67. The van der Waals surface area contributed by atoms with E-state index in [0.717, 1.165) is 26.9 Å². The second-order valence-electron chi connectivity index (χ2n) is 7.77. The molecule has 0 aromatic heterocycles. The quantitative estimate of drug-likeness (QED) is 0.208. The third-order valence-electron chi connectivity index (χ3n) is 5.52. The van der Waals surface area contributed by atoms with Crippen LogP contribution in [-0.2, 0) is 14.8 Å². The molecular weight excluding hydrogens is 436 g/mol. The molecule has 0 unspecified atom stereocenters. The molecule has 0 aliphatic carbocycles. The molecule has 4 N–H and O–H groups in total. The van der Waals surface area contributed by atoms with Crippen molar-refractivity contribution >= 4 is 59.6 Å². The summed E-state index contributed by atoms with van der Waals surface area (Å²) in [5.41, 5.74) is 3.86. The van der Waals surface area contributed by atoms with E-state index in [0.29, 0.717) is 11.4 Å². The molecule has 166 valence electrons. The van der Waals surface area contributed by atoms with E-state index in [1.165, 1.54) is 5.39 Å². The summed E-state index contributed by atoms with van der Waals surface area (Å²) < 4.78 is 24.3. The number of rotatable bonds is 8. The number of carbonyl (C=O) groups is 1. The number of hydrogen-bond acceptors (Lipinski definition) is 5. The molecule has 0 heterocycles. The number of sulfonamides is 1. The number of benzene rings is 5. The zero-order valence-electron chi connectivity index (χ0n) is 17.6. The summed E-state index contributed by atoms with van der Waals surface area (Å²) in [6.45, 7) is -0.216. The van der Waals surface area contributed by atoms with Gasteiger partial charge >= 0.3 is 0 Å². The summed E-state index contributed by atoms with van der Waals surface area (Å²) in [6, 6.07) is 27.3. The molecule has 5 aromatic rings. The Bertz CT molecular complexity index is 1540. The van der Waals surface area contributed by atoms with E-state index in [4.69, 9.17) is 0 Å². The van der Waals surface area contributed by atoms with Gasteiger partial charge in [0.2, 0.25) is 15.9 Å². The molecule has 0 saturated carbocycles. The first kappa shape index (κ1) is 21.1. The van der Waals surface area contributed by atoms with Gasteiger partial charge in [-0.15, -0.1) is 4.83 Å². The molecule has 0 radical (unpaired) electrons. The zero-order valence-corrected chi connectivity index (χ0v) is 18.4. The minimum Gasteiger partial charge on any atom is -0.370 e. The van der Waals surface area contributed by atoms with Crippen LogP contribution in [-0.4, -0.2) is 26.7 Å². The summed E-state index contributed by atoms with van der Waals surface area (Å²) in [5.74, 6) is -0.676. The number of nitrogens with one attached hydrogen (secondary N) is 4. The lowest BCUT2D eigenvalue weighted by Crippen LogP contribution is -2.44. The normalized spacial score (nSPS) is 11.9. The van der Waals surface area contributed by atoms with Crippen LogP contribution in [0.25, 0.3) is 32.3 Å². The average molecular weight is 459 g/mol. The molecule has 5 rings (SSSR count). The first-order valence-corrected chi connectivity index (χ1v) is 12.1. The molecule has 5 aromatic carbocycles. The van der Waals surface area contributed by atoms with Crippen molar-refractivity contribution in [3.05, 3.63) is 84.9 Å². The highest BCUT2D eigenvalue weighted by Crippen LogP contribution is 2.37.